The molecule has 1 saturated heterocycles. The maximum absolute atomic E-state index is 11.2. The molecule has 1 aliphatic rings. The highest BCUT2D eigenvalue weighted by Crippen LogP contribution is 2.26. The molecular weight excluding hydrogens is 362 g/mol. The van der Waals surface area contributed by atoms with E-state index in [1.807, 2.05) is 0 Å². The number of carboxylic acid groups (broad SMARTS) is 1. The normalized spacial score (nSPS) is 29.1. The van der Waals surface area contributed by atoms with E-state index in [-0.39, 0.29) is 0 Å². The number of aliphatic hydroxyl groups excluding tert-OH is 4. The van der Waals surface area contributed by atoms with Gasteiger partial charge >= 0.3 is 5.97 Å². The van der Waals surface area contributed by atoms with Crippen LogP contribution in [0.25, 0.3) is 0 Å². The van der Waals surface area contributed by atoms with Crippen LogP contribution in [0.2, 0.25) is 0 Å². The quantitative estimate of drug-likeness (QED) is 0.202. The van der Waals surface area contributed by atoms with E-state index in [9.17, 15) is 30.1 Å². The first-order valence-corrected chi connectivity index (χ1v) is 8.42. The second-order valence-corrected chi connectivity index (χ2v) is 6.46. The van der Waals surface area contributed by atoms with E-state index in [0.717, 1.165) is 0 Å². The van der Waals surface area contributed by atoms with Crippen LogP contribution in [0.5, 0.6) is 0 Å². The lowest BCUT2D eigenvalue weighted by molar-refractivity contribution is -0.777. The zero-order valence-electron chi connectivity index (χ0n) is 14.7. The molecule has 2 rings (SSSR count). The third kappa shape index (κ3) is 4.96. The van der Waals surface area contributed by atoms with E-state index in [1.165, 1.54) is 29.0 Å². The summed E-state index contributed by atoms with van der Waals surface area (Å²) >= 11 is 0. The zero-order valence-corrected chi connectivity index (χ0v) is 14.7. The van der Waals surface area contributed by atoms with Crippen molar-refractivity contribution < 1.29 is 39.6 Å². The van der Waals surface area contributed by atoms with Gasteiger partial charge < -0.3 is 30.3 Å². The Morgan fingerprint density at radius 1 is 1.33 bits per heavy atom. The van der Waals surface area contributed by atoms with E-state index in [4.69, 9.17) is 9.84 Å². The highest BCUT2D eigenvalue weighted by molar-refractivity contribution is 5.73. The van der Waals surface area contributed by atoms with Gasteiger partial charge in [0.15, 0.2) is 24.6 Å². The molecule has 0 spiro atoms. The minimum atomic E-state index is -1.77. The van der Waals surface area contributed by atoms with Gasteiger partial charge in [-0.1, -0.05) is 0 Å². The minimum absolute atomic E-state index is 0.344. The molecule has 0 aliphatic carbocycles. The second-order valence-electron chi connectivity index (χ2n) is 6.46. The number of nitroso groups, excluding NO2 is 1. The van der Waals surface area contributed by atoms with Crippen LogP contribution in [0, 0.1) is 4.91 Å². The van der Waals surface area contributed by atoms with Crippen LogP contribution in [0.4, 0.5) is 0 Å². The van der Waals surface area contributed by atoms with Gasteiger partial charge in [-0.05, 0) is 18.9 Å². The van der Waals surface area contributed by atoms with Gasteiger partial charge in [0.2, 0.25) is 0 Å². The number of carboxylic acids is 1. The van der Waals surface area contributed by atoms with Gasteiger partial charge in [0, 0.05) is 25.2 Å². The molecule has 1 aliphatic heterocycles. The van der Waals surface area contributed by atoms with E-state index in [0.29, 0.717) is 24.9 Å². The maximum Gasteiger partial charge on any atom is 0.335 e. The van der Waals surface area contributed by atoms with Crippen molar-refractivity contribution in [2.45, 2.75) is 49.6 Å². The number of rotatable bonds is 8. The van der Waals surface area contributed by atoms with Crippen molar-refractivity contribution in [3.05, 3.63) is 35.0 Å². The number of carbonyl (C=O) groups is 1. The number of aromatic nitrogens is 1. The average Bonchev–Trinajstić information content (AvgIpc) is 2.65. The first-order chi connectivity index (χ1) is 12.8. The lowest BCUT2D eigenvalue weighted by Gasteiger charge is -2.35. The number of aliphatic carboxylic acids is 1. The molecule has 0 amide bonds. The van der Waals surface area contributed by atoms with Gasteiger partial charge in [-0.3, -0.25) is 5.01 Å². The fraction of sp³-hybridized carbons (Fsp3) is 0.625. The van der Waals surface area contributed by atoms with Crippen molar-refractivity contribution in [3.8, 4) is 0 Å². The number of pyridine rings is 1. The molecule has 0 aromatic carbocycles. The molecule has 1 aromatic rings. The van der Waals surface area contributed by atoms with Crippen molar-refractivity contribution in [1.82, 2.24) is 5.01 Å². The van der Waals surface area contributed by atoms with Crippen LogP contribution in [0.15, 0.2) is 29.8 Å². The topological polar surface area (TPSA) is 164 Å². The highest BCUT2D eigenvalue weighted by Gasteiger charge is 2.51. The SMILES string of the molecule is CN(CCC[C@@H](O)c1ccc[n+]([C@@H]2O[C@H](C(=O)O)[C@@H](O)[C@H](O)[C@H]2O)c1)N=O. The lowest BCUT2D eigenvalue weighted by atomic mass is 9.97. The van der Waals surface area contributed by atoms with Gasteiger partial charge in [-0.25, -0.2) is 4.79 Å². The van der Waals surface area contributed by atoms with Crippen LogP contribution in [-0.2, 0) is 9.53 Å². The van der Waals surface area contributed by atoms with Gasteiger partial charge in [0.1, 0.15) is 12.2 Å². The zero-order chi connectivity index (χ0) is 20.1. The molecule has 2 heterocycles. The Balaban J connectivity index is 2.13. The van der Waals surface area contributed by atoms with Crippen LogP contribution in [-0.4, -0.2) is 74.5 Å². The molecule has 1 aromatic heterocycles. The van der Waals surface area contributed by atoms with Crippen molar-refractivity contribution in [1.29, 1.82) is 0 Å². The molecule has 5 N–H and O–H groups in total. The summed E-state index contributed by atoms with van der Waals surface area (Å²) in [6.07, 6.45) is -5.10. The molecule has 27 heavy (non-hydrogen) atoms. The van der Waals surface area contributed by atoms with E-state index in [1.54, 1.807) is 12.1 Å². The molecule has 150 valence electrons. The molecule has 1 fully saturated rings. The Morgan fingerprint density at radius 2 is 2.04 bits per heavy atom. The van der Waals surface area contributed by atoms with Crippen molar-refractivity contribution in [3.63, 3.8) is 0 Å². The number of hydrogen-bond acceptors (Lipinski definition) is 8. The standard InChI is InChI=1S/C16H23N3O8/c1-18(17-26)6-3-5-10(20)9-4-2-7-19(8-9)15-13(23)11(21)12(22)14(27-15)16(24)25/h2,4,7-8,10-15,20-23H,3,5-6H2,1H3/p+1/t10-,11+,12+,13-,14+,15-/m1/s1. The van der Waals surface area contributed by atoms with Crippen LogP contribution >= 0.6 is 0 Å². The molecule has 11 heteroatoms. The van der Waals surface area contributed by atoms with Gasteiger partial charge in [-0.2, -0.15) is 4.57 Å². The predicted molar refractivity (Wildman–Crippen MR) is 88.8 cm³/mol. The van der Waals surface area contributed by atoms with Crippen LogP contribution in [0.3, 0.4) is 0 Å². The Bertz CT molecular complexity index is 660. The van der Waals surface area contributed by atoms with E-state index in [2.05, 4.69) is 5.29 Å². The monoisotopic (exact) mass is 386 g/mol. The fourth-order valence-electron chi connectivity index (χ4n) is 2.90. The largest absolute Gasteiger partial charge is 0.479 e. The fourth-order valence-corrected chi connectivity index (χ4v) is 2.90. The number of hydrogen-bond donors (Lipinski definition) is 5. The molecular formula is C16H24N3O8+. The Labute approximate surface area is 155 Å². The third-order valence-corrected chi connectivity index (χ3v) is 4.45. The van der Waals surface area contributed by atoms with E-state index >= 15 is 0 Å². The van der Waals surface area contributed by atoms with Crippen LogP contribution in [0.1, 0.15) is 30.7 Å². The van der Waals surface area contributed by atoms with Gasteiger partial charge in [0.25, 0.3) is 6.23 Å². The molecule has 11 nitrogen and oxygen atoms in total. The molecule has 0 bridgehead atoms. The minimum Gasteiger partial charge on any atom is -0.479 e. The summed E-state index contributed by atoms with van der Waals surface area (Å²) in [6.45, 7) is 0.377. The van der Waals surface area contributed by atoms with Gasteiger partial charge in [-0.15, -0.1) is 4.91 Å². The average molecular weight is 386 g/mol. The third-order valence-electron chi connectivity index (χ3n) is 4.45. The summed E-state index contributed by atoms with van der Waals surface area (Å²) in [5.74, 6) is -1.47. The predicted octanol–water partition coefficient (Wildman–Crippen LogP) is -1.53. The van der Waals surface area contributed by atoms with Crippen molar-refractivity contribution >= 4 is 5.97 Å². The highest BCUT2D eigenvalue weighted by atomic mass is 16.6. The van der Waals surface area contributed by atoms with Crippen LogP contribution < -0.4 is 4.57 Å². The second kappa shape index (κ2) is 9.15. The smallest absolute Gasteiger partial charge is 0.335 e. The summed E-state index contributed by atoms with van der Waals surface area (Å²) in [6, 6.07) is 3.21. The lowest BCUT2D eigenvalue weighted by Crippen LogP contribution is -2.63. The molecule has 0 radical (unpaired) electrons. The summed E-state index contributed by atoms with van der Waals surface area (Å²) < 4.78 is 6.59. The van der Waals surface area contributed by atoms with Crippen molar-refractivity contribution in [2.24, 2.45) is 5.29 Å². The molecule has 6 atom stereocenters. The Kier molecular flexibility index (Phi) is 7.16. The first kappa shape index (κ1) is 21.1. The Morgan fingerprint density at radius 3 is 2.67 bits per heavy atom. The summed E-state index contributed by atoms with van der Waals surface area (Å²) in [7, 11) is 1.52. The summed E-state index contributed by atoms with van der Waals surface area (Å²) in [4.78, 5) is 21.5. The Hall–Kier alpha value is -2.18. The molecule has 0 unspecified atom stereocenters. The summed E-state index contributed by atoms with van der Waals surface area (Å²) in [5, 5.41) is 53.2. The van der Waals surface area contributed by atoms with E-state index < -0.39 is 42.7 Å². The van der Waals surface area contributed by atoms with Crippen molar-refractivity contribution in [2.75, 3.05) is 13.6 Å². The molecule has 0 saturated carbocycles. The summed E-state index contributed by atoms with van der Waals surface area (Å²) in [5.41, 5.74) is 0.475. The number of nitrogens with zero attached hydrogens (tertiary/aromatic N) is 3. The first-order valence-electron chi connectivity index (χ1n) is 8.42. The maximum atomic E-state index is 11.2. The number of aliphatic hydroxyl groups is 4. The number of ether oxygens (including phenoxy) is 1. The van der Waals surface area contributed by atoms with Gasteiger partial charge in [0.05, 0.1) is 11.4 Å².